The zero-order valence-electron chi connectivity index (χ0n) is 9.25. The summed E-state index contributed by atoms with van der Waals surface area (Å²) in [6, 6.07) is 11.5. The number of nitriles is 1. The van der Waals surface area contributed by atoms with Crippen molar-refractivity contribution in [2.24, 2.45) is 0 Å². The summed E-state index contributed by atoms with van der Waals surface area (Å²) in [5.41, 5.74) is 1.50. The van der Waals surface area contributed by atoms with E-state index in [1.165, 1.54) is 6.07 Å². The van der Waals surface area contributed by atoms with E-state index in [1.807, 2.05) is 6.07 Å². The minimum Gasteiger partial charge on any atom is -0.206 e. The highest BCUT2D eigenvalue weighted by atomic mass is 35.5. The topological polar surface area (TPSA) is 23.8 Å². The Morgan fingerprint density at radius 1 is 1.11 bits per heavy atom. The normalized spacial score (nSPS) is 10.1. The fourth-order valence-corrected chi connectivity index (χ4v) is 2.32. The molecule has 0 heterocycles. The van der Waals surface area contributed by atoms with Crippen LogP contribution in [0.25, 0.3) is 11.1 Å². The SMILES string of the molecule is N#CCc1ccc(F)c(-c2c(Cl)cccc2Cl)c1. The largest absolute Gasteiger partial charge is 0.206 e. The smallest absolute Gasteiger partial charge is 0.131 e. The van der Waals surface area contributed by atoms with Crippen LogP contribution < -0.4 is 0 Å². The van der Waals surface area contributed by atoms with Gasteiger partial charge in [-0.3, -0.25) is 0 Å². The Morgan fingerprint density at radius 2 is 1.78 bits per heavy atom. The Hall–Kier alpha value is -1.56. The quantitative estimate of drug-likeness (QED) is 0.770. The maximum Gasteiger partial charge on any atom is 0.131 e. The average Bonchev–Trinajstić information content (AvgIpc) is 2.33. The number of rotatable bonds is 2. The molecule has 2 rings (SSSR count). The van der Waals surface area contributed by atoms with E-state index in [-0.39, 0.29) is 6.42 Å². The van der Waals surface area contributed by atoms with Crippen LogP contribution in [-0.4, -0.2) is 0 Å². The van der Waals surface area contributed by atoms with Crippen LogP contribution in [0.3, 0.4) is 0 Å². The summed E-state index contributed by atoms with van der Waals surface area (Å²) < 4.78 is 13.9. The van der Waals surface area contributed by atoms with E-state index < -0.39 is 5.82 Å². The Morgan fingerprint density at radius 3 is 2.39 bits per heavy atom. The molecule has 0 bridgehead atoms. The maximum atomic E-state index is 13.9. The number of nitrogens with zero attached hydrogens (tertiary/aromatic N) is 1. The molecule has 0 fully saturated rings. The van der Waals surface area contributed by atoms with Crippen molar-refractivity contribution >= 4 is 23.2 Å². The van der Waals surface area contributed by atoms with Gasteiger partial charge in [0, 0.05) is 21.2 Å². The van der Waals surface area contributed by atoms with E-state index in [0.29, 0.717) is 21.2 Å². The maximum absolute atomic E-state index is 13.9. The third-order valence-corrected chi connectivity index (χ3v) is 3.18. The summed E-state index contributed by atoms with van der Waals surface area (Å²) in [5, 5.41) is 9.43. The Kier molecular flexibility index (Phi) is 3.86. The molecule has 18 heavy (non-hydrogen) atoms. The van der Waals surface area contributed by atoms with Crippen LogP contribution in [0.5, 0.6) is 0 Å². The van der Waals surface area contributed by atoms with Crippen molar-refractivity contribution in [1.82, 2.24) is 0 Å². The van der Waals surface area contributed by atoms with Crippen LogP contribution in [0.15, 0.2) is 36.4 Å². The summed E-state index contributed by atoms with van der Waals surface area (Å²) in [4.78, 5) is 0. The van der Waals surface area contributed by atoms with Crippen molar-refractivity contribution in [2.75, 3.05) is 0 Å². The van der Waals surface area contributed by atoms with E-state index in [9.17, 15) is 4.39 Å². The zero-order chi connectivity index (χ0) is 13.1. The molecule has 0 aliphatic carbocycles. The molecule has 0 aromatic heterocycles. The van der Waals surface area contributed by atoms with Crippen molar-refractivity contribution in [1.29, 1.82) is 5.26 Å². The third-order valence-electron chi connectivity index (χ3n) is 2.55. The molecule has 0 spiro atoms. The lowest BCUT2D eigenvalue weighted by atomic mass is 10.0. The van der Waals surface area contributed by atoms with Crippen LogP contribution in [0.1, 0.15) is 5.56 Å². The van der Waals surface area contributed by atoms with Gasteiger partial charge in [0.15, 0.2) is 0 Å². The standard InChI is InChI=1S/C14H8Cl2FN/c15-11-2-1-3-12(16)14(11)10-8-9(6-7-18)4-5-13(10)17/h1-5,8H,6H2. The van der Waals surface area contributed by atoms with Gasteiger partial charge in [0.1, 0.15) is 5.82 Å². The van der Waals surface area contributed by atoms with Crippen molar-refractivity contribution < 1.29 is 4.39 Å². The lowest BCUT2D eigenvalue weighted by Gasteiger charge is -2.09. The monoisotopic (exact) mass is 279 g/mol. The molecule has 1 nitrogen and oxygen atoms in total. The summed E-state index contributed by atoms with van der Waals surface area (Å²) in [6.45, 7) is 0. The average molecular weight is 280 g/mol. The number of hydrogen-bond acceptors (Lipinski definition) is 1. The van der Waals surface area contributed by atoms with E-state index in [0.717, 1.165) is 5.56 Å². The van der Waals surface area contributed by atoms with Crippen LogP contribution in [0.2, 0.25) is 10.0 Å². The van der Waals surface area contributed by atoms with Gasteiger partial charge in [-0.25, -0.2) is 4.39 Å². The Labute approximate surface area is 114 Å². The van der Waals surface area contributed by atoms with E-state index in [4.69, 9.17) is 28.5 Å². The van der Waals surface area contributed by atoms with Crippen LogP contribution >= 0.6 is 23.2 Å². The molecular weight excluding hydrogens is 272 g/mol. The number of halogens is 3. The molecule has 4 heteroatoms. The fourth-order valence-electron chi connectivity index (χ4n) is 1.72. The van der Waals surface area contributed by atoms with Gasteiger partial charge in [0.2, 0.25) is 0 Å². The number of benzene rings is 2. The highest BCUT2D eigenvalue weighted by molar-refractivity contribution is 6.39. The molecule has 0 aliphatic rings. The first-order valence-corrected chi connectivity index (χ1v) is 5.99. The van der Waals surface area contributed by atoms with Crippen LogP contribution in [0, 0.1) is 17.1 Å². The predicted molar refractivity (Wildman–Crippen MR) is 71.2 cm³/mol. The van der Waals surface area contributed by atoms with E-state index >= 15 is 0 Å². The summed E-state index contributed by atoms with van der Waals surface area (Å²) >= 11 is 12.1. The minimum absolute atomic E-state index is 0.218. The van der Waals surface area contributed by atoms with E-state index in [1.54, 1.807) is 30.3 Å². The van der Waals surface area contributed by atoms with Gasteiger partial charge in [-0.1, -0.05) is 35.3 Å². The third kappa shape index (κ3) is 2.48. The lowest BCUT2D eigenvalue weighted by molar-refractivity contribution is 0.631. The van der Waals surface area contributed by atoms with Crippen molar-refractivity contribution in [3.63, 3.8) is 0 Å². The van der Waals surface area contributed by atoms with Gasteiger partial charge in [0.05, 0.1) is 12.5 Å². The first-order valence-electron chi connectivity index (χ1n) is 5.23. The fraction of sp³-hybridized carbons (Fsp3) is 0.0714. The molecule has 90 valence electrons. The molecule has 0 radical (unpaired) electrons. The van der Waals surface area contributed by atoms with Gasteiger partial charge in [-0.15, -0.1) is 0 Å². The molecular formula is C14H8Cl2FN. The molecule has 0 N–H and O–H groups in total. The van der Waals surface area contributed by atoms with Gasteiger partial charge >= 0.3 is 0 Å². The second-order valence-corrected chi connectivity index (χ2v) is 4.56. The van der Waals surface area contributed by atoms with Crippen LogP contribution in [0.4, 0.5) is 4.39 Å². The Balaban J connectivity index is 2.63. The van der Waals surface area contributed by atoms with Gasteiger partial charge in [-0.2, -0.15) is 5.26 Å². The molecule has 0 saturated heterocycles. The predicted octanol–water partition coefficient (Wildman–Crippen LogP) is 4.87. The summed E-state index contributed by atoms with van der Waals surface area (Å²) in [7, 11) is 0. The molecule has 2 aromatic rings. The Bertz CT molecular complexity index is 612. The number of hydrogen-bond donors (Lipinski definition) is 0. The molecule has 0 saturated carbocycles. The van der Waals surface area contributed by atoms with Gasteiger partial charge in [-0.05, 0) is 29.8 Å². The van der Waals surface area contributed by atoms with Gasteiger partial charge in [0.25, 0.3) is 0 Å². The van der Waals surface area contributed by atoms with Gasteiger partial charge < -0.3 is 0 Å². The second kappa shape index (κ2) is 5.39. The molecule has 0 amide bonds. The van der Waals surface area contributed by atoms with Crippen molar-refractivity contribution in [3.8, 4) is 17.2 Å². The molecule has 2 aromatic carbocycles. The molecule has 0 unspecified atom stereocenters. The lowest BCUT2D eigenvalue weighted by Crippen LogP contribution is -1.90. The zero-order valence-corrected chi connectivity index (χ0v) is 10.8. The van der Waals surface area contributed by atoms with E-state index in [2.05, 4.69) is 0 Å². The first kappa shape index (κ1) is 12.9. The molecule has 0 atom stereocenters. The van der Waals surface area contributed by atoms with Crippen molar-refractivity contribution in [3.05, 3.63) is 57.8 Å². The molecule has 0 aliphatic heterocycles. The van der Waals surface area contributed by atoms with Crippen LogP contribution in [-0.2, 0) is 6.42 Å². The second-order valence-electron chi connectivity index (χ2n) is 3.75. The first-order chi connectivity index (χ1) is 8.63. The highest BCUT2D eigenvalue weighted by Crippen LogP contribution is 2.36. The van der Waals surface area contributed by atoms with Crippen molar-refractivity contribution in [2.45, 2.75) is 6.42 Å². The summed E-state index contributed by atoms with van der Waals surface area (Å²) in [6.07, 6.45) is 0.218. The summed E-state index contributed by atoms with van der Waals surface area (Å²) in [5.74, 6) is -0.410. The highest BCUT2D eigenvalue weighted by Gasteiger charge is 2.13. The minimum atomic E-state index is -0.410.